The maximum Gasteiger partial charge on any atom is 0.309 e. The third-order valence-electron chi connectivity index (χ3n) is 2.49. The zero-order chi connectivity index (χ0) is 11.5. The van der Waals surface area contributed by atoms with Crippen LogP contribution in [-0.2, 0) is 11.2 Å². The average molecular weight is 204 g/mol. The van der Waals surface area contributed by atoms with Gasteiger partial charge in [0.1, 0.15) is 0 Å². The van der Waals surface area contributed by atoms with Gasteiger partial charge in [0.2, 0.25) is 0 Å². The lowest BCUT2D eigenvalue weighted by molar-refractivity contribution is -0.146. The summed E-state index contributed by atoms with van der Waals surface area (Å²) in [6.45, 7) is 7.18. The van der Waals surface area contributed by atoms with E-state index in [-0.39, 0.29) is 0 Å². The van der Waals surface area contributed by atoms with Gasteiger partial charge >= 0.3 is 5.97 Å². The van der Waals surface area contributed by atoms with Crippen LogP contribution < -0.4 is 0 Å². The zero-order valence-electron chi connectivity index (χ0n) is 9.16. The number of aliphatic carboxylic acids is 1. The van der Waals surface area contributed by atoms with Crippen LogP contribution in [0.15, 0.2) is 30.8 Å². The van der Waals surface area contributed by atoms with E-state index in [1.807, 2.05) is 24.3 Å². The Morgan fingerprint density at radius 2 is 2.07 bits per heavy atom. The maximum atomic E-state index is 11.0. The van der Waals surface area contributed by atoms with Crippen LogP contribution in [0.4, 0.5) is 0 Å². The molecule has 0 saturated carbocycles. The first-order chi connectivity index (χ1) is 6.97. The molecule has 2 heteroatoms. The highest BCUT2D eigenvalue weighted by atomic mass is 16.4. The van der Waals surface area contributed by atoms with Crippen molar-refractivity contribution in [1.29, 1.82) is 0 Å². The highest BCUT2D eigenvalue weighted by Gasteiger charge is 2.27. The van der Waals surface area contributed by atoms with Crippen LogP contribution in [0.5, 0.6) is 0 Å². The molecule has 0 spiro atoms. The summed E-state index contributed by atoms with van der Waals surface area (Å²) in [6, 6.07) is 7.73. The van der Waals surface area contributed by atoms with E-state index in [4.69, 9.17) is 5.11 Å². The van der Waals surface area contributed by atoms with Crippen LogP contribution in [0, 0.1) is 5.41 Å². The molecular formula is C13H16O2. The molecule has 0 aliphatic carbocycles. The first-order valence-electron chi connectivity index (χ1n) is 4.91. The standard InChI is InChI=1S/C13H16O2/c1-4-10-7-5-6-8-11(10)9-13(2,3)12(14)15/h4-8H,1,9H2,2-3H3,(H,14,15). The number of hydrogen-bond donors (Lipinski definition) is 1. The minimum Gasteiger partial charge on any atom is -0.481 e. The molecule has 0 radical (unpaired) electrons. The molecular weight excluding hydrogens is 188 g/mol. The van der Waals surface area contributed by atoms with Gasteiger partial charge in [0.05, 0.1) is 5.41 Å². The minimum atomic E-state index is -0.777. The summed E-state index contributed by atoms with van der Waals surface area (Å²) in [4.78, 5) is 11.0. The molecule has 1 aromatic carbocycles. The third-order valence-corrected chi connectivity index (χ3v) is 2.49. The van der Waals surface area contributed by atoms with Crippen LogP contribution in [0.2, 0.25) is 0 Å². The van der Waals surface area contributed by atoms with Gasteiger partial charge < -0.3 is 5.11 Å². The lowest BCUT2D eigenvalue weighted by Gasteiger charge is -2.20. The average Bonchev–Trinajstić information content (AvgIpc) is 2.18. The van der Waals surface area contributed by atoms with Gasteiger partial charge in [-0.25, -0.2) is 0 Å². The molecule has 0 aliphatic heterocycles. The molecule has 0 fully saturated rings. The van der Waals surface area contributed by atoms with Gasteiger partial charge in [0.15, 0.2) is 0 Å². The summed E-state index contributed by atoms with van der Waals surface area (Å²) >= 11 is 0. The molecule has 0 aliphatic rings. The molecule has 0 atom stereocenters. The zero-order valence-corrected chi connectivity index (χ0v) is 9.16. The Hall–Kier alpha value is -1.57. The van der Waals surface area contributed by atoms with Gasteiger partial charge in [-0.15, -0.1) is 0 Å². The highest BCUT2D eigenvalue weighted by molar-refractivity contribution is 5.74. The van der Waals surface area contributed by atoms with E-state index in [9.17, 15) is 4.79 Å². The molecule has 80 valence electrons. The first-order valence-corrected chi connectivity index (χ1v) is 4.91. The topological polar surface area (TPSA) is 37.3 Å². The van der Waals surface area contributed by atoms with E-state index in [0.29, 0.717) is 6.42 Å². The second kappa shape index (κ2) is 4.30. The van der Waals surface area contributed by atoms with Gasteiger partial charge in [0, 0.05) is 0 Å². The van der Waals surface area contributed by atoms with Crippen molar-refractivity contribution < 1.29 is 9.90 Å². The van der Waals surface area contributed by atoms with E-state index in [1.54, 1.807) is 19.9 Å². The van der Waals surface area contributed by atoms with Crippen molar-refractivity contribution in [2.24, 2.45) is 5.41 Å². The molecule has 0 unspecified atom stereocenters. The second-order valence-corrected chi connectivity index (χ2v) is 4.27. The molecule has 15 heavy (non-hydrogen) atoms. The van der Waals surface area contributed by atoms with Gasteiger partial charge in [-0.05, 0) is 31.4 Å². The fourth-order valence-electron chi connectivity index (χ4n) is 1.45. The molecule has 1 aromatic rings. The van der Waals surface area contributed by atoms with Crippen molar-refractivity contribution in [3.63, 3.8) is 0 Å². The van der Waals surface area contributed by atoms with Crippen molar-refractivity contribution >= 4 is 12.0 Å². The van der Waals surface area contributed by atoms with Gasteiger partial charge in [-0.2, -0.15) is 0 Å². The highest BCUT2D eigenvalue weighted by Crippen LogP contribution is 2.24. The molecule has 2 nitrogen and oxygen atoms in total. The Kier molecular flexibility index (Phi) is 3.30. The van der Waals surface area contributed by atoms with Crippen molar-refractivity contribution in [3.05, 3.63) is 42.0 Å². The second-order valence-electron chi connectivity index (χ2n) is 4.27. The third kappa shape index (κ3) is 2.69. The summed E-state index contributed by atoms with van der Waals surface area (Å²) in [6.07, 6.45) is 2.28. The molecule has 0 bridgehead atoms. The molecule has 1 N–H and O–H groups in total. The molecule has 1 rings (SSSR count). The molecule has 0 aromatic heterocycles. The van der Waals surface area contributed by atoms with Crippen molar-refractivity contribution in [2.75, 3.05) is 0 Å². The van der Waals surface area contributed by atoms with Gasteiger partial charge in [-0.3, -0.25) is 4.79 Å². The predicted molar refractivity (Wildman–Crippen MR) is 61.7 cm³/mol. The number of benzene rings is 1. The number of carbonyl (C=O) groups is 1. The van der Waals surface area contributed by atoms with Crippen LogP contribution in [0.25, 0.3) is 6.08 Å². The summed E-state index contributed by atoms with van der Waals surface area (Å²) in [5, 5.41) is 9.04. The first kappa shape index (κ1) is 11.5. The lowest BCUT2D eigenvalue weighted by Crippen LogP contribution is -2.26. The van der Waals surface area contributed by atoms with E-state index in [1.165, 1.54) is 0 Å². The molecule has 0 amide bonds. The summed E-state index contributed by atoms with van der Waals surface area (Å²) in [7, 11) is 0. The van der Waals surface area contributed by atoms with Crippen LogP contribution in [0.3, 0.4) is 0 Å². The normalized spacial score (nSPS) is 11.1. The van der Waals surface area contributed by atoms with Gasteiger partial charge in [0.25, 0.3) is 0 Å². The quantitative estimate of drug-likeness (QED) is 0.818. The Labute approximate surface area is 90.3 Å². The maximum absolute atomic E-state index is 11.0. The summed E-state index contributed by atoms with van der Waals surface area (Å²) in [5.41, 5.74) is 1.30. The smallest absolute Gasteiger partial charge is 0.309 e. The fourth-order valence-corrected chi connectivity index (χ4v) is 1.45. The Bertz CT molecular complexity index is 378. The van der Waals surface area contributed by atoms with Crippen molar-refractivity contribution in [1.82, 2.24) is 0 Å². The number of carboxylic acids is 1. The molecule has 0 heterocycles. The number of rotatable bonds is 4. The molecule has 0 saturated heterocycles. The van der Waals surface area contributed by atoms with E-state index < -0.39 is 11.4 Å². The SMILES string of the molecule is C=Cc1ccccc1CC(C)(C)C(=O)O. The van der Waals surface area contributed by atoms with Gasteiger partial charge in [-0.1, -0.05) is 36.9 Å². The summed E-state index contributed by atoms with van der Waals surface area (Å²) < 4.78 is 0. The fraction of sp³-hybridized carbons (Fsp3) is 0.308. The monoisotopic (exact) mass is 204 g/mol. The Balaban J connectivity index is 2.98. The van der Waals surface area contributed by atoms with E-state index in [2.05, 4.69) is 6.58 Å². The van der Waals surface area contributed by atoms with Crippen LogP contribution in [-0.4, -0.2) is 11.1 Å². The van der Waals surface area contributed by atoms with E-state index in [0.717, 1.165) is 11.1 Å². The Morgan fingerprint density at radius 3 is 2.60 bits per heavy atom. The largest absolute Gasteiger partial charge is 0.481 e. The summed E-state index contributed by atoms with van der Waals surface area (Å²) in [5.74, 6) is -0.777. The van der Waals surface area contributed by atoms with Crippen LogP contribution >= 0.6 is 0 Å². The number of hydrogen-bond acceptors (Lipinski definition) is 1. The van der Waals surface area contributed by atoms with Crippen molar-refractivity contribution in [3.8, 4) is 0 Å². The Morgan fingerprint density at radius 1 is 1.47 bits per heavy atom. The lowest BCUT2D eigenvalue weighted by atomic mass is 9.84. The number of carboxylic acid groups (broad SMARTS) is 1. The van der Waals surface area contributed by atoms with Crippen LogP contribution in [0.1, 0.15) is 25.0 Å². The minimum absolute atomic E-state index is 0.518. The predicted octanol–water partition coefficient (Wildman–Crippen LogP) is 2.98. The van der Waals surface area contributed by atoms with E-state index >= 15 is 0 Å². The van der Waals surface area contributed by atoms with Crippen molar-refractivity contribution in [2.45, 2.75) is 20.3 Å².